The van der Waals surface area contributed by atoms with Crippen molar-refractivity contribution in [1.29, 1.82) is 0 Å². The second-order valence-corrected chi connectivity index (χ2v) is 7.46. The van der Waals surface area contributed by atoms with Crippen LogP contribution in [-0.4, -0.2) is 35.3 Å². The van der Waals surface area contributed by atoms with Gasteiger partial charge in [0.05, 0.1) is 13.2 Å². The van der Waals surface area contributed by atoms with E-state index in [-0.39, 0.29) is 6.61 Å². The average molecular weight is 439 g/mol. The Morgan fingerprint density at radius 1 is 1.13 bits per heavy atom. The molecule has 0 aliphatic rings. The number of aromatic amines is 1. The molecule has 0 saturated carbocycles. The van der Waals surface area contributed by atoms with Gasteiger partial charge in [-0.1, -0.05) is 54.9 Å². The Bertz CT molecular complexity index is 1130. The third-order valence-electron chi connectivity index (χ3n) is 4.95. The van der Waals surface area contributed by atoms with Crippen LogP contribution in [0.25, 0.3) is 11.4 Å². The van der Waals surface area contributed by atoms with E-state index in [1.165, 1.54) is 0 Å². The number of H-pyrrole nitrogens is 1. The predicted octanol–water partition coefficient (Wildman–Crippen LogP) is 3.79. The van der Waals surface area contributed by atoms with Crippen LogP contribution in [0.1, 0.15) is 36.0 Å². The van der Waals surface area contributed by atoms with Crippen molar-refractivity contribution in [3.8, 4) is 17.1 Å². The monoisotopic (exact) mass is 438 g/mol. The van der Waals surface area contributed by atoms with Crippen LogP contribution in [0.5, 0.6) is 5.75 Å². The van der Waals surface area contributed by atoms with Gasteiger partial charge in [0.1, 0.15) is 29.0 Å². The molecule has 0 spiro atoms. The number of aromatic nitrogens is 6. The lowest BCUT2D eigenvalue weighted by Gasteiger charge is -2.11. The summed E-state index contributed by atoms with van der Waals surface area (Å²) >= 11 is 6.42. The number of ether oxygens (including phenoxy) is 1. The Morgan fingerprint density at radius 2 is 1.94 bits per heavy atom. The second-order valence-electron chi connectivity index (χ2n) is 7.10. The Morgan fingerprint density at radius 3 is 2.65 bits per heavy atom. The Balaban J connectivity index is 1.45. The molecule has 0 radical (unpaired) electrons. The van der Waals surface area contributed by atoms with Crippen molar-refractivity contribution in [1.82, 2.24) is 30.2 Å². The molecule has 2 N–H and O–H groups in total. The van der Waals surface area contributed by atoms with E-state index in [4.69, 9.17) is 16.3 Å². The number of aliphatic hydroxyl groups excluding tert-OH is 1. The fourth-order valence-electron chi connectivity index (χ4n) is 3.39. The van der Waals surface area contributed by atoms with Crippen molar-refractivity contribution in [3.63, 3.8) is 0 Å². The molecular weight excluding hydrogens is 416 g/mol. The number of aryl methyl sites for hydroxylation is 1. The molecule has 0 fully saturated rings. The SMILES string of the molecule is CCCc1nc(CO)c(Cl)n1Cc1ccc(OCc2ccccc2-c2nnn[nH]2)cc1. The van der Waals surface area contributed by atoms with Crippen LogP contribution >= 0.6 is 11.6 Å². The van der Waals surface area contributed by atoms with E-state index in [1.807, 2.05) is 53.1 Å². The first kappa shape index (κ1) is 21.0. The number of imidazole rings is 1. The second kappa shape index (κ2) is 9.72. The van der Waals surface area contributed by atoms with Crippen molar-refractivity contribution in [2.24, 2.45) is 0 Å². The lowest BCUT2D eigenvalue weighted by atomic mass is 10.1. The fraction of sp³-hybridized carbons (Fsp3) is 0.273. The number of hydrogen-bond acceptors (Lipinski definition) is 6. The summed E-state index contributed by atoms with van der Waals surface area (Å²) in [6.07, 6.45) is 1.76. The van der Waals surface area contributed by atoms with E-state index in [9.17, 15) is 5.11 Å². The zero-order valence-electron chi connectivity index (χ0n) is 17.1. The van der Waals surface area contributed by atoms with Crippen LogP contribution in [0.4, 0.5) is 0 Å². The van der Waals surface area contributed by atoms with Gasteiger partial charge >= 0.3 is 0 Å². The van der Waals surface area contributed by atoms with Gasteiger partial charge in [0.25, 0.3) is 0 Å². The minimum Gasteiger partial charge on any atom is -0.489 e. The highest BCUT2D eigenvalue weighted by Crippen LogP contribution is 2.24. The lowest BCUT2D eigenvalue weighted by Crippen LogP contribution is -2.05. The quantitative estimate of drug-likeness (QED) is 0.412. The van der Waals surface area contributed by atoms with Crippen molar-refractivity contribution in [3.05, 3.63) is 76.3 Å². The number of benzene rings is 2. The summed E-state index contributed by atoms with van der Waals surface area (Å²) in [6.45, 7) is 2.91. The van der Waals surface area contributed by atoms with Crippen LogP contribution in [0, 0.1) is 0 Å². The van der Waals surface area contributed by atoms with E-state index >= 15 is 0 Å². The van der Waals surface area contributed by atoms with Crippen molar-refractivity contribution in [2.45, 2.75) is 39.5 Å². The molecule has 8 nitrogen and oxygen atoms in total. The number of nitrogens with one attached hydrogen (secondary N) is 1. The van der Waals surface area contributed by atoms with E-state index in [2.05, 4.69) is 32.5 Å². The minimum absolute atomic E-state index is 0.166. The smallest absolute Gasteiger partial charge is 0.179 e. The van der Waals surface area contributed by atoms with E-state index in [0.717, 1.165) is 41.1 Å². The van der Waals surface area contributed by atoms with Gasteiger partial charge in [-0.05, 0) is 34.5 Å². The third-order valence-corrected chi connectivity index (χ3v) is 5.37. The van der Waals surface area contributed by atoms with Gasteiger partial charge in [-0.2, -0.15) is 0 Å². The number of aliphatic hydroxyl groups is 1. The van der Waals surface area contributed by atoms with E-state index in [1.54, 1.807) is 0 Å². The van der Waals surface area contributed by atoms with E-state index < -0.39 is 0 Å². The molecule has 0 atom stereocenters. The maximum atomic E-state index is 9.47. The molecule has 9 heteroatoms. The molecule has 0 saturated heterocycles. The molecule has 0 aliphatic carbocycles. The molecule has 2 aromatic carbocycles. The van der Waals surface area contributed by atoms with Gasteiger partial charge < -0.3 is 14.4 Å². The number of tetrazole rings is 1. The molecule has 4 aromatic rings. The first-order chi connectivity index (χ1) is 15.2. The van der Waals surface area contributed by atoms with Crippen LogP contribution in [0.2, 0.25) is 5.15 Å². The van der Waals surface area contributed by atoms with Crippen LogP contribution in [0.15, 0.2) is 48.5 Å². The van der Waals surface area contributed by atoms with Crippen LogP contribution in [-0.2, 0) is 26.2 Å². The highest BCUT2D eigenvalue weighted by molar-refractivity contribution is 6.30. The van der Waals surface area contributed by atoms with Gasteiger partial charge in [0.15, 0.2) is 5.82 Å². The Labute approximate surface area is 184 Å². The third kappa shape index (κ3) is 4.76. The molecule has 31 heavy (non-hydrogen) atoms. The summed E-state index contributed by atoms with van der Waals surface area (Å²) in [4.78, 5) is 4.46. The van der Waals surface area contributed by atoms with Gasteiger partial charge in [-0.3, -0.25) is 0 Å². The van der Waals surface area contributed by atoms with Crippen molar-refractivity contribution >= 4 is 11.6 Å². The summed E-state index contributed by atoms with van der Waals surface area (Å²) in [5, 5.41) is 24.0. The molecule has 160 valence electrons. The molecule has 0 aliphatic heterocycles. The Kier molecular flexibility index (Phi) is 6.59. The first-order valence-electron chi connectivity index (χ1n) is 10.1. The molecule has 0 bridgehead atoms. The molecule has 2 aromatic heterocycles. The molecular formula is C22H23ClN6O2. The number of halogens is 1. The van der Waals surface area contributed by atoms with Gasteiger partial charge in [0.2, 0.25) is 0 Å². The van der Waals surface area contributed by atoms with Crippen LogP contribution < -0.4 is 4.74 Å². The fourth-order valence-corrected chi connectivity index (χ4v) is 3.65. The standard InChI is InChI=1S/C22H23ClN6O2/c1-2-5-20-24-19(13-30)21(23)29(20)12-15-8-10-17(11-9-15)31-14-16-6-3-4-7-18(16)22-25-27-28-26-22/h3-4,6-11,30H,2,5,12-14H2,1H3,(H,25,26,27,28). The maximum Gasteiger partial charge on any atom is 0.179 e. The minimum atomic E-state index is -0.166. The molecule has 0 amide bonds. The highest BCUT2D eigenvalue weighted by atomic mass is 35.5. The van der Waals surface area contributed by atoms with Crippen molar-refractivity contribution in [2.75, 3.05) is 0 Å². The topological polar surface area (TPSA) is 102 Å². The molecule has 2 heterocycles. The summed E-state index contributed by atoms with van der Waals surface area (Å²) in [7, 11) is 0. The zero-order valence-corrected chi connectivity index (χ0v) is 17.9. The summed E-state index contributed by atoms with van der Waals surface area (Å²) in [6, 6.07) is 15.7. The maximum absolute atomic E-state index is 9.47. The zero-order chi connectivity index (χ0) is 21.6. The molecule has 4 rings (SSSR count). The lowest BCUT2D eigenvalue weighted by molar-refractivity contribution is 0.277. The van der Waals surface area contributed by atoms with Gasteiger partial charge in [-0.25, -0.2) is 10.1 Å². The van der Waals surface area contributed by atoms with Gasteiger partial charge in [0, 0.05) is 17.5 Å². The van der Waals surface area contributed by atoms with Crippen molar-refractivity contribution < 1.29 is 9.84 Å². The highest BCUT2D eigenvalue weighted by Gasteiger charge is 2.15. The summed E-state index contributed by atoms with van der Waals surface area (Å²) in [5.41, 5.74) is 3.48. The van der Waals surface area contributed by atoms with Crippen LogP contribution in [0.3, 0.4) is 0 Å². The predicted molar refractivity (Wildman–Crippen MR) is 117 cm³/mol. The Hall–Kier alpha value is -3.23. The van der Waals surface area contributed by atoms with Gasteiger partial charge in [-0.15, -0.1) is 5.10 Å². The first-order valence-corrected chi connectivity index (χ1v) is 10.5. The summed E-state index contributed by atoms with van der Waals surface area (Å²) in [5.74, 6) is 2.25. The molecule has 0 unspecified atom stereocenters. The largest absolute Gasteiger partial charge is 0.489 e. The average Bonchev–Trinajstić information content (AvgIpc) is 3.43. The van der Waals surface area contributed by atoms with E-state index in [0.29, 0.717) is 29.8 Å². The number of hydrogen-bond donors (Lipinski definition) is 2. The normalized spacial score (nSPS) is 11.1. The summed E-state index contributed by atoms with van der Waals surface area (Å²) < 4.78 is 7.94. The number of nitrogens with zero attached hydrogens (tertiary/aromatic N) is 5. The number of rotatable bonds is 9.